The van der Waals surface area contributed by atoms with Gasteiger partial charge in [-0.15, -0.1) is 0 Å². The third kappa shape index (κ3) is 10.0. The van der Waals surface area contributed by atoms with Crippen molar-refractivity contribution in [2.75, 3.05) is 55.5 Å². The van der Waals surface area contributed by atoms with Crippen molar-refractivity contribution < 1.29 is 76.0 Å². The van der Waals surface area contributed by atoms with E-state index in [9.17, 15) is 9.59 Å². The molecule has 0 unspecified atom stereocenters. The lowest BCUT2D eigenvalue weighted by Gasteiger charge is -2.19. The number of ether oxygens (including phenoxy) is 2. The lowest BCUT2D eigenvalue weighted by atomic mass is 10.2. The summed E-state index contributed by atoms with van der Waals surface area (Å²) in [5.41, 5.74) is 0. The number of nitrogens with zero attached hydrogens (tertiary/aromatic N) is 2. The maximum Gasteiger partial charge on any atom is 0.515 e. The van der Waals surface area contributed by atoms with E-state index in [1.807, 2.05) is 0 Å². The summed E-state index contributed by atoms with van der Waals surface area (Å²) in [6.45, 7) is 0.961. The minimum Gasteiger partial charge on any atom is -1.00 e. The molecule has 0 aromatic rings. The zero-order chi connectivity index (χ0) is 16.3. The van der Waals surface area contributed by atoms with Crippen molar-refractivity contribution in [2.24, 2.45) is 11.8 Å². The number of halogens is 2. The summed E-state index contributed by atoms with van der Waals surface area (Å²) in [7, 11) is 10.8. The number of carbonyl (C=O) groups excluding carboxylic acids is 2. The van der Waals surface area contributed by atoms with Crippen LogP contribution >= 0.6 is 0 Å². The summed E-state index contributed by atoms with van der Waals surface area (Å²) in [6.07, 6.45) is 2.54. The van der Waals surface area contributed by atoms with E-state index in [1.165, 1.54) is 0 Å². The SMILES string of the molecule is C[N+](C)(C)C(=O)OCC[C@@H]1C[C@H]1CCOC(=O)[N+](C)(C)C.[I-].[I-]. The Morgan fingerprint density at radius 2 is 1.09 bits per heavy atom. The van der Waals surface area contributed by atoms with Gasteiger partial charge in [0, 0.05) is 0 Å². The molecule has 0 bridgehead atoms. The van der Waals surface area contributed by atoms with Crippen LogP contribution in [0.1, 0.15) is 19.3 Å². The van der Waals surface area contributed by atoms with Crippen LogP contribution in [0.25, 0.3) is 0 Å². The Morgan fingerprint density at radius 3 is 1.35 bits per heavy atom. The van der Waals surface area contributed by atoms with Gasteiger partial charge in [-0.1, -0.05) is 0 Å². The molecule has 2 amide bonds. The molecule has 1 fully saturated rings. The summed E-state index contributed by atoms with van der Waals surface area (Å²) < 4.78 is 10.9. The van der Waals surface area contributed by atoms with E-state index >= 15 is 0 Å². The van der Waals surface area contributed by atoms with Crippen molar-refractivity contribution in [3.8, 4) is 0 Å². The predicted molar refractivity (Wildman–Crippen MR) is 79.6 cm³/mol. The van der Waals surface area contributed by atoms with Crippen LogP contribution in [0.3, 0.4) is 0 Å². The Bertz CT molecular complexity index is 356. The van der Waals surface area contributed by atoms with E-state index in [4.69, 9.17) is 9.47 Å². The molecule has 6 nitrogen and oxygen atoms in total. The van der Waals surface area contributed by atoms with E-state index in [-0.39, 0.29) is 69.1 Å². The second-order valence-corrected chi connectivity index (χ2v) is 7.59. The smallest absolute Gasteiger partial charge is 0.515 e. The van der Waals surface area contributed by atoms with Crippen LogP contribution in [0.4, 0.5) is 9.59 Å². The van der Waals surface area contributed by atoms with Crippen molar-refractivity contribution >= 4 is 12.2 Å². The standard InChI is InChI=1S/C15H30N2O4.2HI/c1-16(2,3)14(18)20-9-7-12-11-13(12)8-10-21-15(19)17(4,5)6;;/h12-13H,7-11H2,1-6H3;2*1H/q+2;;/p-2/t12-,13-;;/m1../s1. The molecule has 0 saturated heterocycles. The summed E-state index contributed by atoms with van der Waals surface area (Å²) in [5.74, 6) is 1.21. The predicted octanol–water partition coefficient (Wildman–Crippen LogP) is -3.90. The third-order valence-electron chi connectivity index (χ3n) is 3.59. The molecular weight excluding hydrogens is 526 g/mol. The topological polar surface area (TPSA) is 52.6 Å². The maximum absolute atomic E-state index is 11.6. The second kappa shape index (κ2) is 10.3. The highest BCUT2D eigenvalue weighted by Crippen LogP contribution is 2.43. The van der Waals surface area contributed by atoms with Gasteiger partial charge in [-0.25, -0.2) is 8.97 Å². The van der Waals surface area contributed by atoms with Crippen LogP contribution < -0.4 is 48.0 Å². The monoisotopic (exact) mass is 556 g/mol. The lowest BCUT2D eigenvalue weighted by Crippen LogP contribution is -3.00. The zero-order valence-electron chi connectivity index (χ0n) is 15.0. The molecule has 1 aliphatic carbocycles. The van der Waals surface area contributed by atoms with Crippen molar-refractivity contribution in [3.05, 3.63) is 0 Å². The van der Waals surface area contributed by atoms with E-state index < -0.39 is 0 Å². The first kappa shape index (κ1) is 25.6. The van der Waals surface area contributed by atoms with Crippen LogP contribution in [0, 0.1) is 11.8 Å². The second-order valence-electron chi connectivity index (χ2n) is 7.59. The largest absolute Gasteiger partial charge is 1.00 e. The highest BCUT2D eigenvalue weighted by molar-refractivity contribution is 5.59. The Labute approximate surface area is 174 Å². The fourth-order valence-electron chi connectivity index (χ4n) is 2.00. The van der Waals surface area contributed by atoms with E-state index in [1.54, 1.807) is 42.3 Å². The normalized spacial score (nSPS) is 19.9. The minimum atomic E-state index is -0.205. The molecule has 0 heterocycles. The molecule has 1 aliphatic rings. The third-order valence-corrected chi connectivity index (χ3v) is 3.59. The molecule has 1 rings (SSSR count). The van der Waals surface area contributed by atoms with Gasteiger partial charge >= 0.3 is 12.2 Å². The quantitative estimate of drug-likeness (QED) is 0.248. The molecule has 0 spiro atoms. The average Bonchev–Trinajstić information content (AvgIpc) is 3.05. The van der Waals surface area contributed by atoms with Crippen molar-refractivity contribution in [3.63, 3.8) is 0 Å². The maximum atomic E-state index is 11.6. The molecule has 1 saturated carbocycles. The molecular formula is C15H30I2N2O4. The Morgan fingerprint density at radius 1 is 0.783 bits per heavy atom. The summed E-state index contributed by atoms with van der Waals surface area (Å²) in [4.78, 5) is 23.2. The van der Waals surface area contributed by atoms with Crippen LogP contribution in [-0.4, -0.2) is 76.7 Å². The first-order chi connectivity index (χ1) is 9.51. The van der Waals surface area contributed by atoms with Gasteiger partial charge in [-0.05, 0) is 31.1 Å². The van der Waals surface area contributed by atoms with Gasteiger partial charge in [0.05, 0.1) is 55.5 Å². The summed E-state index contributed by atoms with van der Waals surface area (Å²) >= 11 is 0. The first-order valence-corrected chi connectivity index (χ1v) is 7.49. The van der Waals surface area contributed by atoms with Crippen molar-refractivity contribution in [1.29, 1.82) is 0 Å². The zero-order valence-corrected chi connectivity index (χ0v) is 19.3. The molecule has 0 N–H and O–H groups in total. The Kier molecular flexibility index (Phi) is 11.5. The number of rotatable bonds is 6. The minimum absolute atomic E-state index is 0. The molecule has 2 atom stereocenters. The Hall–Kier alpha value is 0.320. The lowest BCUT2D eigenvalue weighted by molar-refractivity contribution is -0.795. The van der Waals surface area contributed by atoms with Gasteiger partial charge in [0.15, 0.2) is 0 Å². The summed E-state index contributed by atoms with van der Waals surface area (Å²) in [5, 5.41) is 0. The molecule has 138 valence electrons. The van der Waals surface area contributed by atoms with Gasteiger partial charge in [-0.2, -0.15) is 9.59 Å². The molecule has 0 aliphatic heterocycles. The van der Waals surface area contributed by atoms with E-state index in [0.717, 1.165) is 19.3 Å². The number of hydrogen-bond acceptors (Lipinski definition) is 4. The number of amides is 2. The highest BCUT2D eigenvalue weighted by atomic mass is 127. The van der Waals surface area contributed by atoms with Crippen LogP contribution in [0.2, 0.25) is 0 Å². The van der Waals surface area contributed by atoms with Crippen LogP contribution in [-0.2, 0) is 9.47 Å². The van der Waals surface area contributed by atoms with Crippen LogP contribution in [0.5, 0.6) is 0 Å². The van der Waals surface area contributed by atoms with Gasteiger partial charge in [-0.3, -0.25) is 0 Å². The number of carbonyl (C=O) groups is 2. The van der Waals surface area contributed by atoms with Gasteiger partial charge in [0.25, 0.3) is 0 Å². The van der Waals surface area contributed by atoms with E-state index in [0.29, 0.717) is 25.0 Å². The first-order valence-electron chi connectivity index (χ1n) is 7.49. The van der Waals surface area contributed by atoms with Gasteiger partial charge in [0.2, 0.25) is 0 Å². The number of hydrogen-bond donors (Lipinski definition) is 0. The van der Waals surface area contributed by atoms with Crippen LogP contribution in [0.15, 0.2) is 0 Å². The highest BCUT2D eigenvalue weighted by Gasteiger charge is 2.37. The van der Waals surface area contributed by atoms with Gasteiger partial charge in [0.1, 0.15) is 0 Å². The fourth-order valence-corrected chi connectivity index (χ4v) is 2.00. The average molecular weight is 556 g/mol. The Balaban J connectivity index is 0. The molecule has 8 heteroatoms. The molecule has 23 heavy (non-hydrogen) atoms. The summed E-state index contributed by atoms with van der Waals surface area (Å²) in [6, 6.07) is 0. The van der Waals surface area contributed by atoms with E-state index in [2.05, 4.69) is 0 Å². The van der Waals surface area contributed by atoms with Gasteiger partial charge < -0.3 is 57.4 Å². The number of quaternary nitrogens is 2. The molecule has 0 aromatic heterocycles. The van der Waals surface area contributed by atoms with Crippen molar-refractivity contribution in [2.45, 2.75) is 19.3 Å². The molecule has 0 aromatic carbocycles. The molecule has 0 radical (unpaired) electrons. The fraction of sp³-hybridized carbons (Fsp3) is 0.867. The van der Waals surface area contributed by atoms with Crippen molar-refractivity contribution in [1.82, 2.24) is 0 Å².